The smallest absolute Gasteiger partial charge is 0.337 e. The number of benzene rings is 2. The standard InChI is InChI=1S/C17H14INO3/c1-22-17(21)13-9-6-12(7-10-13)8-11-16(20)19-15-5-3-2-4-14(15)18/h2-11H,1H3,(H,19,20)/b11-8+. The third-order valence-corrected chi connectivity index (χ3v) is 3.83. The number of rotatable bonds is 4. The maximum Gasteiger partial charge on any atom is 0.337 e. The molecule has 0 unspecified atom stereocenters. The molecule has 1 N–H and O–H groups in total. The van der Waals surface area contributed by atoms with Gasteiger partial charge in [-0.2, -0.15) is 0 Å². The number of amides is 1. The van der Waals surface area contributed by atoms with Gasteiger partial charge in [-0.15, -0.1) is 0 Å². The van der Waals surface area contributed by atoms with E-state index in [1.807, 2.05) is 24.3 Å². The lowest BCUT2D eigenvalue weighted by molar-refractivity contribution is -0.111. The van der Waals surface area contributed by atoms with Gasteiger partial charge in [-0.25, -0.2) is 4.79 Å². The van der Waals surface area contributed by atoms with Crippen molar-refractivity contribution in [1.82, 2.24) is 0 Å². The zero-order valence-electron chi connectivity index (χ0n) is 11.9. The summed E-state index contributed by atoms with van der Waals surface area (Å²) in [5.74, 6) is -0.590. The molecule has 22 heavy (non-hydrogen) atoms. The predicted octanol–water partition coefficient (Wildman–Crippen LogP) is 3.73. The number of nitrogens with one attached hydrogen (secondary N) is 1. The van der Waals surface area contributed by atoms with Gasteiger partial charge in [0, 0.05) is 9.65 Å². The minimum absolute atomic E-state index is 0.207. The van der Waals surface area contributed by atoms with Gasteiger partial charge in [0.15, 0.2) is 0 Å². The summed E-state index contributed by atoms with van der Waals surface area (Å²) in [6.45, 7) is 0. The summed E-state index contributed by atoms with van der Waals surface area (Å²) in [4.78, 5) is 23.2. The molecule has 0 atom stereocenters. The van der Waals surface area contributed by atoms with Crippen molar-refractivity contribution < 1.29 is 14.3 Å². The van der Waals surface area contributed by atoms with Crippen molar-refractivity contribution in [1.29, 1.82) is 0 Å². The van der Waals surface area contributed by atoms with Crippen molar-refractivity contribution in [3.8, 4) is 0 Å². The van der Waals surface area contributed by atoms with E-state index in [4.69, 9.17) is 0 Å². The highest BCUT2D eigenvalue weighted by Gasteiger charge is 2.04. The molecule has 2 aromatic rings. The summed E-state index contributed by atoms with van der Waals surface area (Å²) >= 11 is 2.16. The number of methoxy groups -OCH3 is 1. The lowest BCUT2D eigenvalue weighted by Crippen LogP contribution is -2.08. The molecule has 5 heteroatoms. The van der Waals surface area contributed by atoms with E-state index in [0.717, 1.165) is 14.8 Å². The zero-order chi connectivity index (χ0) is 15.9. The molecule has 4 nitrogen and oxygen atoms in total. The second-order valence-electron chi connectivity index (χ2n) is 4.42. The van der Waals surface area contributed by atoms with Gasteiger partial charge in [-0.05, 0) is 58.5 Å². The van der Waals surface area contributed by atoms with Gasteiger partial charge in [-0.1, -0.05) is 24.3 Å². The van der Waals surface area contributed by atoms with E-state index < -0.39 is 0 Å². The van der Waals surface area contributed by atoms with Gasteiger partial charge in [0.25, 0.3) is 0 Å². The Hall–Kier alpha value is -2.15. The van der Waals surface area contributed by atoms with Gasteiger partial charge in [0.1, 0.15) is 0 Å². The molecule has 2 aromatic carbocycles. The van der Waals surface area contributed by atoms with E-state index in [2.05, 4.69) is 32.6 Å². The Kier molecular flexibility index (Phi) is 5.71. The van der Waals surface area contributed by atoms with Crippen LogP contribution in [0.15, 0.2) is 54.6 Å². The predicted molar refractivity (Wildman–Crippen MR) is 94.6 cm³/mol. The number of para-hydroxylation sites is 1. The Morgan fingerprint density at radius 3 is 2.41 bits per heavy atom. The summed E-state index contributed by atoms with van der Waals surface area (Å²) < 4.78 is 5.61. The number of carbonyl (C=O) groups excluding carboxylic acids is 2. The fourth-order valence-corrected chi connectivity index (χ4v) is 2.28. The normalized spacial score (nSPS) is 10.5. The summed E-state index contributed by atoms with van der Waals surface area (Å²) in [6, 6.07) is 14.4. The number of carbonyl (C=O) groups is 2. The molecular weight excluding hydrogens is 393 g/mol. The van der Waals surface area contributed by atoms with Crippen molar-refractivity contribution in [2.45, 2.75) is 0 Å². The van der Waals surface area contributed by atoms with Crippen LogP contribution in [0, 0.1) is 3.57 Å². The first-order valence-corrected chi connectivity index (χ1v) is 7.60. The molecule has 112 valence electrons. The monoisotopic (exact) mass is 407 g/mol. The number of halogens is 1. The summed E-state index contributed by atoms with van der Waals surface area (Å²) in [7, 11) is 1.34. The molecule has 0 fully saturated rings. The second kappa shape index (κ2) is 7.74. The largest absolute Gasteiger partial charge is 0.465 e. The van der Waals surface area contributed by atoms with Gasteiger partial charge >= 0.3 is 5.97 Å². The minimum Gasteiger partial charge on any atom is -0.465 e. The first-order valence-electron chi connectivity index (χ1n) is 6.52. The molecule has 0 aliphatic rings. The van der Waals surface area contributed by atoms with Crippen molar-refractivity contribution in [2.24, 2.45) is 0 Å². The number of ether oxygens (including phenoxy) is 1. The van der Waals surface area contributed by atoms with Gasteiger partial charge in [-0.3, -0.25) is 4.79 Å². The summed E-state index contributed by atoms with van der Waals surface area (Å²) in [6.07, 6.45) is 3.14. The van der Waals surface area contributed by atoms with Crippen LogP contribution in [-0.2, 0) is 9.53 Å². The average molecular weight is 407 g/mol. The van der Waals surface area contributed by atoms with E-state index in [1.54, 1.807) is 30.3 Å². The first kappa shape index (κ1) is 16.2. The minimum atomic E-state index is -0.382. The van der Waals surface area contributed by atoms with E-state index in [0.29, 0.717) is 5.56 Å². The summed E-state index contributed by atoms with van der Waals surface area (Å²) in [5.41, 5.74) is 2.08. The first-order chi connectivity index (χ1) is 10.6. The SMILES string of the molecule is COC(=O)c1ccc(/C=C/C(=O)Nc2ccccc2I)cc1. The molecule has 0 radical (unpaired) electrons. The Morgan fingerprint density at radius 2 is 1.77 bits per heavy atom. The van der Waals surface area contributed by atoms with Gasteiger partial charge < -0.3 is 10.1 Å². The molecule has 0 heterocycles. The molecule has 1 amide bonds. The Balaban J connectivity index is 2.01. The van der Waals surface area contributed by atoms with E-state index in [-0.39, 0.29) is 11.9 Å². The number of hydrogen-bond acceptors (Lipinski definition) is 3. The summed E-state index contributed by atoms with van der Waals surface area (Å²) in [5, 5.41) is 2.81. The third kappa shape index (κ3) is 4.42. The van der Waals surface area contributed by atoms with Crippen LogP contribution in [0.2, 0.25) is 0 Å². The quantitative estimate of drug-likeness (QED) is 0.478. The van der Waals surface area contributed by atoms with Crippen LogP contribution in [0.1, 0.15) is 15.9 Å². The molecule has 0 saturated carbocycles. The maximum absolute atomic E-state index is 11.9. The van der Waals surface area contributed by atoms with E-state index >= 15 is 0 Å². The van der Waals surface area contributed by atoms with Gasteiger partial charge in [0.05, 0.1) is 18.4 Å². The Bertz CT molecular complexity index is 708. The third-order valence-electron chi connectivity index (χ3n) is 2.89. The topological polar surface area (TPSA) is 55.4 Å². The van der Waals surface area contributed by atoms with Crippen LogP contribution in [0.3, 0.4) is 0 Å². The van der Waals surface area contributed by atoms with Crippen LogP contribution in [0.25, 0.3) is 6.08 Å². The molecule has 2 rings (SSSR count). The number of hydrogen-bond donors (Lipinski definition) is 1. The zero-order valence-corrected chi connectivity index (χ0v) is 14.0. The second-order valence-corrected chi connectivity index (χ2v) is 5.58. The van der Waals surface area contributed by atoms with Crippen LogP contribution < -0.4 is 5.32 Å². The van der Waals surface area contributed by atoms with Crippen LogP contribution in [0.4, 0.5) is 5.69 Å². The lowest BCUT2D eigenvalue weighted by atomic mass is 10.1. The molecular formula is C17H14INO3. The highest BCUT2D eigenvalue weighted by molar-refractivity contribution is 14.1. The molecule has 0 aliphatic heterocycles. The Morgan fingerprint density at radius 1 is 1.09 bits per heavy atom. The van der Waals surface area contributed by atoms with Crippen LogP contribution >= 0.6 is 22.6 Å². The maximum atomic E-state index is 11.9. The molecule has 0 aliphatic carbocycles. The number of anilines is 1. The molecule has 0 bridgehead atoms. The fourth-order valence-electron chi connectivity index (χ4n) is 1.76. The van der Waals surface area contributed by atoms with Crippen molar-refractivity contribution in [3.05, 3.63) is 69.3 Å². The van der Waals surface area contributed by atoms with Gasteiger partial charge in [0.2, 0.25) is 5.91 Å². The van der Waals surface area contributed by atoms with Crippen LogP contribution in [-0.4, -0.2) is 19.0 Å². The highest BCUT2D eigenvalue weighted by Crippen LogP contribution is 2.17. The molecule has 0 spiro atoms. The molecule has 0 aromatic heterocycles. The average Bonchev–Trinajstić information content (AvgIpc) is 2.55. The van der Waals surface area contributed by atoms with Crippen LogP contribution in [0.5, 0.6) is 0 Å². The number of esters is 1. The highest BCUT2D eigenvalue weighted by atomic mass is 127. The molecule has 0 saturated heterocycles. The van der Waals surface area contributed by atoms with Crippen molar-refractivity contribution in [3.63, 3.8) is 0 Å². The lowest BCUT2D eigenvalue weighted by Gasteiger charge is -2.04. The Labute approximate surface area is 142 Å². The van der Waals surface area contributed by atoms with E-state index in [1.165, 1.54) is 13.2 Å². The fraction of sp³-hybridized carbons (Fsp3) is 0.0588. The van der Waals surface area contributed by atoms with E-state index in [9.17, 15) is 9.59 Å². The van der Waals surface area contributed by atoms with Crippen molar-refractivity contribution in [2.75, 3.05) is 12.4 Å². The van der Waals surface area contributed by atoms with Crippen molar-refractivity contribution >= 4 is 46.2 Å².